The van der Waals surface area contributed by atoms with Gasteiger partial charge >= 0.3 is 12.0 Å². The van der Waals surface area contributed by atoms with Crippen LogP contribution in [0.15, 0.2) is 0 Å². The zero-order valence-electron chi connectivity index (χ0n) is 11.8. The zero-order valence-corrected chi connectivity index (χ0v) is 11.8. The number of rotatable bonds is 3. The van der Waals surface area contributed by atoms with Crippen molar-refractivity contribution >= 4 is 12.0 Å². The van der Waals surface area contributed by atoms with Crippen LogP contribution in [0, 0.1) is 11.8 Å². The molecule has 0 saturated carbocycles. The van der Waals surface area contributed by atoms with Crippen LogP contribution < -0.4 is 0 Å². The number of likely N-dealkylation sites (tertiary alicyclic amines) is 2. The summed E-state index contributed by atoms with van der Waals surface area (Å²) in [6, 6.07) is 0.0487. The second kappa shape index (κ2) is 5.00. The highest BCUT2D eigenvalue weighted by Gasteiger charge is 2.45. The van der Waals surface area contributed by atoms with Crippen molar-refractivity contribution in [3.8, 4) is 0 Å². The highest BCUT2D eigenvalue weighted by atomic mass is 16.5. The summed E-state index contributed by atoms with van der Waals surface area (Å²) in [6.07, 6.45) is 0. The number of carbonyl (C=O) groups excluding carboxylic acids is 1. The number of nitrogens with zero attached hydrogens (tertiary/aromatic N) is 2. The van der Waals surface area contributed by atoms with Crippen molar-refractivity contribution in [2.75, 3.05) is 32.8 Å². The smallest absolute Gasteiger partial charge is 0.329 e. The molecule has 1 N–H and O–H groups in total. The van der Waals surface area contributed by atoms with Crippen molar-refractivity contribution in [3.63, 3.8) is 0 Å². The molecule has 0 radical (unpaired) electrons. The van der Waals surface area contributed by atoms with E-state index in [0.717, 1.165) is 13.1 Å². The van der Waals surface area contributed by atoms with Crippen molar-refractivity contribution in [1.29, 1.82) is 0 Å². The van der Waals surface area contributed by atoms with Gasteiger partial charge in [0.15, 0.2) is 0 Å². The molecule has 2 heterocycles. The molecule has 0 aromatic heterocycles. The Kier molecular flexibility index (Phi) is 3.71. The number of urea groups is 1. The number of carbonyl (C=O) groups is 2. The van der Waals surface area contributed by atoms with Crippen molar-refractivity contribution in [1.82, 2.24) is 9.80 Å². The lowest BCUT2D eigenvalue weighted by atomic mass is 9.97. The van der Waals surface area contributed by atoms with Crippen molar-refractivity contribution < 1.29 is 19.4 Å². The second-order valence-electron chi connectivity index (χ2n) is 6.13. The Morgan fingerprint density at radius 3 is 2.21 bits per heavy atom. The van der Waals surface area contributed by atoms with Crippen LogP contribution in [0.25, 0.3) is 0 Å². The summed E-state index contributed by atoms with van der Waals surface area (Å²) in [5.74, 6) is 0.105. The summed E-state index contributed by atoms with van der Waals surface area (Å²) >= 11 is 0. The van der Waals surface area contributed by atoms with Crippen LogP contribution >= 0.6 is 0 Å². The summed E-state index contributed by atoms with van der Waals surface area (Å²) in [7, 11) is 0. The molecule has 2 rings (SSSR count). The Balaban J connectivity index is 1.80. The van der Waals surface area contributed by atoms with E-state index in [4.69, 9.17) is 9.84 Å². The van der Waals surface area contributed by atoms with Gasteiger partial charge in [-0.15, -0.1) is 0 Å². The van der Waals surface area contributed by atoms with E-state index in [1.807, 2.05) is 11.8 Å². The molecule has 2 fully saturated rings. The fourth-order valence-electron chi connectivity index (χ4n) is 2.71. The molecule has 0 aliphatic carbocycles. The Hall–Kier alpha value is -1.30. The summed E-state index contributed by atoms with van der Waals surface area (Å²) in [5, 5.41) is 8.59. The molecular weight excluding hydrogens is 248 g/mol. The molecule has 6 heteroatoms. The molecule has 2 saturated heterocycles. The first kappa shape index (κ1) is 14.1. The molecule has 0 aromatic carbocycles. The molecule has 6 nitrogen and oxygen atoms in total. The van der Waals surface area contributed by atoms with E-state index in [9.17, 15) is 9.59 Å². The van der Waals surface area contributed by atoms with Crippen LogP contribution in [-0.4, -0.2) is 65.3 Å². The first-order valence-electron chi connectivity index (χ1n) is 6.70. The van der Waals surface area contributed by atoms with Gasteiger partial charge in [-0.2, -0.15) is 0 Å². The van der Waals surface area contributed by atoms with E-state index in [0.29, 0.717) is 24.9 Å². The van der Waals surface area contributed by atoms with Gasteiger partial charge in [-0.05, 0) is 18.8 Å². The third-order valence-corrected chi connectivity index (χ3v) is 4.12. The molecule has 108 valence electrons. The highest BCUT2D eigenvalue weighted by Crippen LogP contribution is 2.29. The predicted molar refractivity (Wildman–Crippen MR) is 68.9 cm³/mol. The summed E-state index contributed by atoms with van der Waals surface area (Å²) < 4.78 is 5.30. The number of ether oxygens (including phenoxy) is 1. The van der Waals surface area contributed by atoms with Gasteiger partial charge in [0.1, 0.15) is 12.2 Å². The lowest BCUT2D eigenvalue weighted by Gasteiger charge is -2.48. The van der Waals surface area contributed by atoms with Crippen LogP contribution in [0.4, 0.5) is 4.79 Å². The SMILES string of the molecule is CC1CN(C(=O)N2CC(C)(OCC(=O)O)C2)CC1C. The van der Waals surface area contributed by atoms with Crippen molar-refractivity contribution in [3.05, 3.63) is 0 Å². The fourth-order valence-corrected chi connectivity index (χ4v) is 2.71. The van der Waals surface area contributed by atoms with E-state index in [-0.39, 0.29) is 12.6 Å². The first-order valence-corrected chi connectivity index (χ1v) is 6.70. The van der Waals surface area contributed by atoms with Gasteiger partial charge in [0.2, 0.25) is 0 Å². The minimum atomic E-state index is -0.979. The first-order chi connectivity index (χ1) is 8.81. The summed E-state index contributed by atoms with van der Waals surface area (Å²) in [6.45, 7) is 8.41. The molecule has 0 bridgehead atoms. The molecule has 2 aliphatic heterocycles. The number of hydrogen-bond acceptors (Lipinski definition) is 3. The predicted octanol–water partition coefficient (Wildman–Crippen LogP) is 0.870. The number of carboxylic acids is 1. The maximum absolute atomic E-state index is 12.2. The minimum Gasteiger partial charge on any atom is -0.480 e. The number of amides is 2. The fraction of sp³-hybridized carbons (Fsp3) is 0.846. The van der Waals surface area contributed by atoms with E-state index >= 15 is 0 Å². The van der Waals surface area contributed by atoms with E-state index in [1.165, 1.54) is 0 Å². The maximum Gasteiger partial charge on any atom is 0.329 e. The lowest BCUT2D eigenvalue weighted by molar-refractivity contribution is -0.160. The third-order valence-electron chi connectivity index (χ3n) is 4.12. The normalized spacial score (nSPS) is 29.2. The molecule has 19 heavy (non-hydrogen) atoms. The molecule has 2 atom stereocenters. The largest absolute Gasteiger partial charge is 0.480 e. The second-order valence-corrected chi connectivity index (χ2v) is 6.13. The Morgan fingerprint density at radius 2 is 1.74 bits per heavy atom. The third kappa shape index (κ3) is 3.00. The topological polar surface area (TPSA) is 70.1 Å². The Bertz CT molecular complexity index is 369. The lowest BCUT2D eigenvalue weighted by Crippen LogP contribution is -2.65. The average Bonchev–Trinajstić information content (AvgIpc) is 2.62. The standard InChI is InChI=1S/C13H22N2O4/c1-9-4-14(5-10(9)2)12(18)15-7-13(3,8-15)19-6-11(16)17/h9-10H,4-8H2,1-3H3,(H,16,17). The number of carboxylic acid groups (broad SMARTS) is 1. The van der Waals surface area contributed by atoms with E-state index < -0.39 is 11.6 Å². The van der Waals surface area contributed by atoms with Crippen LogP contribution in [0.1, 0.15) is 20.8 Å². The average molecular weight is 270 g/mol. The zero-order chi connectivity index (χ0) is 14.2. The van der Waals surface area contributed by atoms with E-state index in [2.05, 4.69) is 13.8 Å². The van der Waals surface area contributed by atoms with E-state index in [1.54, 1.807) is 4.90 Å². The van der Waals surface area contributed by atoms with Crippen molar-refractivity contribution in [2.45, 2.75) is 26.4 Å². The van der Waals surface area contributed by atoms with Crippen molar-refractivity contribution in [2.24, 2.45) is 11.8 Å². The van der Waals surface area contributed by atoms with Crippen LogP contribution in [0.3, 0.4) is 0 Å². The maximum atomic E-state index is 12.2. The molecular formula is C13H22N2O4. The van der Waals surface area contributed by atoms with Gasteiger partial charge < -0.3 is 19.6 Å². The van der Waals surface area contributed by atoms with Crippen LogP contribution in [-0.2, 0) is 9.53 Å². The Labute approximate surface area is 113 Å². The Morgan fingerprint density at radius 1 is 1.21 bits per heavy atom. The highest BCUT2D eigenvalue weighted by molar-refractivity contribution is 5.76. The molecule has 0 aromatic rings. The molecule has 2 aliphatic rings. The van der Waals surface area contributed by atoms with Gasteiger partial charge in [0.25, 0.3) is 0 Å². The summed E-state index contributed by atoms with van der Waals surface area (Å²) in [5.41, 5.74) is -0.509. The molecule has 2 amide bonds. The summed E-state index contributed by atoms with van der Waals surface area (Å²) in [4.78, 5) is 26.3. The number of aliphatic carboxylic acids is 1. The quantitative estimate of drug-likeness (QED) is 0.826. The van der Waals surface area contributed by atoms with Gasteiger partial charge in [-0.3, -0.25) is 0 Å². The van der Waals surface area contributed by atoms with Gasteiger partial charge in [-0.25, -0.2) is 9.59 Å². The van der Waals surface area contributed by atoms with Gasteiger partial charge in [0.05, 0.1) is 13.1 Å². The molecule has 0 spiro atoms. The molecule has 2 unspecified atom stereocenters. The van der Waals surface area contributed by atoms with Gasteiger partial charge in [0, 0.05) is 13.1 Å². The minimum absolute atomic E-state index is 0.0487. The van der Waals surface area contributed by atoms with Crippen LogP contribution in [0.5, 0.6) is 0 Å². The van der Waals surface area contributed by atoms with Crippen LogP contribution in [0.2, 0.25) is 0 Å². The number of hydrogen-bond donors (Lipinski definition) is 1. The van der Waals surface area contributed by atoms with Gasteiger partial charge in [-0.1, -0.05) is 13.8 Å². The monoisotopic (exact) mass is 270 g/mol.